The topological polar surface area (TPSA) is 77.8 Å². The van der Waals surface area contributed by atoms with E-state index < -0.39 is 29.3 Å². The summed E-state index contributed by atoms with van der Waals surface area (Å²) in [6.45, 7) is 4.72. The van der Waals surface area contributed by atoms with Crippen molar-refractivity contribution in [2.45, 2.75) is 39.7 Å². The van der Waals surface area contributed by atoms with E-state index in [1.807, 2.05) is 32.0 Å². The van der Waals surface area contributed by atoms with Crippen LogP contribution in [-0.2, 0) is 17.8 Å². The molecule has 0 spiro atoms. The van der Waals surface area contributed by atoms with Crippen molar-refractivity contribution in [3.05, 3.63) is 75.2 Å². The minimum Gasteiger partial charge on any atom is -0.496 e. The van der Waals surface area contributed by atoms with E-state index in [9.17, 15) is 22.4 Å². The zero-order chi connectivity index (χ0) is 31.3. The number of carbonyl (C=O) groups is 1. The summed E-state index contributed by atoms with van der Waals surface area (Å²) in [5.41, 5.74) is 0.245. The Kier molecular flexibility index (Phi) is 10.5. The molecule has 0 saturated carbocycles. The second-order valence-corrected chi connectivity index (χ2v) is 10.0. The van der Waals surface area contributed by atoms with Gasteiger partial charge in [0.05, 0.1) is 31.9 Å². The van der Waals surface area contributed by atoms with E-state index in [1.54, 1.807) is 24.3 Å². The van der Waals surface area contributed by atoms with Crippen molar-refractivity contribution >= 4 is 40.9 Å². The third-order valence-corrected chi connectivity index (χ3v) is 7.21. The van der Waals surface area contributed by atoms with Crippen LogP contribution in [0.15, 0.2) is 42.1 Å². The van der Waals surface area contributed by atoms with Crippen molar-refractivity contribution in [2.24, 2.45) is 0 Å². The molecule has 1 amide bonds. The molecule has 1 aromatic heterocycles. The number of rotatable bonds is 13. The van der Waals surface area contributed by atoms with E-state index in [4.69, 9.17) is 38.0 Å². The number of carbonyl (C=O) groups excluding carboxylic acids is 1. The molecule has 4 rings (SSSR count). The van der Waals surface area contributed by atoms with Gasteiger partial charge in [0.15, 0.2) is 16.6 Å². The van der Waals surface area contributed by atoms with Crippen LogP contribution in [0.3, 0.4) is 0 Å². The highest BCUT2D eigenvalue weighted by Crippen LogP contribution is 2.36. The number of nitrogens with one attached hydrogen (secondary N) is 1. The Morgan fingerprint density at radius 2 is 1.72 bits per heavy atom. The highest BCUT2D eigenvalue weighted by Gasteiger charge is 2.31. The van der Waals surface area contributed by atoms with Crippen molar-refractivity contribution in [1.29, 1.82) is 0 Å². The number of alkyl halides is 4. The molecule has 2 aromatic carbocycles. The average Bonchev–Trinajstić information content (AvgIpc) is 3.43. The molecule has 0 atom stereocenters. The molecule has 1 aliphatic rings. The monoisotopic (exact) mass is 640 g/mol. The van der Waals surface area contributed by atoms with Crippen LogP contribution in [0.5, 0.6) is 17.2 Å². The van der Waals surface area contributed by atoms with Crippen molar-refractivity contribution in [3.8, 4) is 17.2 Å². The molecule has 3 aromatic rings. The largest absolute Gasteiger partial charge is 0.496 e. The van der Waals surface area contributed by atoms with E-state index in [1.165, 1.54) is 12.0 Å². The van der Waals surface area contributed by atoms with Gasteiger partial charge in [0.2, 0.25) is 0 Å². The maximum absolute atomic E-state index is 13.7. The molecule has 1 saturated heterocycles. The molecule has 1 fully saturated rings. The maximum Gasteiger partial charge on any atom is 0.283 e. The van der Waals surface area contributed by atoms with E-state index >= 15 is 0 Å². The Morgan fingerprint density at radius 1 is 1.02 bits per heavy atom. The van der Waals surface area contributed by atoms with Crippen LogP contribution in [0.1, 0.15) is 54.8 Å². The Hall–Kier alpha value is -3.84. The van der Waals surface area contributed by atoms with E-state index in [0.717, 1.165) is 10.2 Å². The van der Waals surface area contributed by atoms with Gasteiger partial charge in [-0.15, -0.1) is 0 Å². The Bertz CT molecular complexity index is 1530. The van der Waals surface area contributed by atoms with Crippen molar-refractivity contribution in [1.82, 2.24) is 20.0 Å². The number of amides is 1. The molecule has 43 heavy (non-hydrogen) atoms. The number of aromatic nitrogens is 2. The van der Waals surface area contributed by atoms with E-state index in [2.05, 4.69) is 10.4 Å². The summed E-state index contributed by atoms with van der Waals surface area (Å²) >= 11 is 11.2. The molecular formula is C29H29ClF4N4O4S. The minimum absolute atomic E-state index is 0.207. The fourth-order valence-corrected chi connectivity index (χ4v) is 5.13. The first-order valence-electron chi connectivity index (χ1n) is 13.3. The smallest absolute Gasteiger partial charge is 0.283 e. The predicted molar refractivity (Wildman–Crippen MR) is 157 cm³/mol. The summed E-state index contributed by atoms with van der Waals surface area (Å²) in [5, 5.41) is 5.98. The lowest BCUT2D eigenvalue weighted by atomic mass is 10.1. The molecule has 14 heteroatoms. The molecule has 0 unspecified atom stereocenters. The first-order chi connectivity index (χ1) is 20.6. The predicted octanol–water partition coefficient (Wildman–Crippen LogP) is 6.57. The molecular weight excluding hydrogens is 612 g/mol. The third-order valence-electron chi connectivity index (χ3n) is 6.50. The van der Waals surface area contributed by atoms with Crippen LogP contribution in [-0.4, -0.2) is 52.6 Å². The van der Waals surface area contributed by atoms with Crippen LogP contribution in [0.2, 0.25) is 5.02 Å². The quantitative estimate of drug-likeness (QED) is 0.129. The fourth-order valence-electron chi connectivity index (χ4n) is 4.55. The normalized spacial score (nSPS) is 14.3. The van der Waals surface area contributed by atoms with Crippen molar-refractivity contribution < 1.29 is 36.6 Å². The van der Waals surface area contributed by atoms with Gasteiger partial charge in [-0.25, -0.2) is 17.6 Å². The van der Waals surface area contributed by atoms with E-state index in [0.29, 0.717) is 54.6 Å². The van der Waals surface area contributed by atoms with Gasteiger partial charge >= 0.3 is 0 Å². The molecule has 0 bridgehead atoms. The summed E-state index contributed by atoms with van der Waals surface area (Å²) in [7, 11) is 1.38. The van der Waals surface area contributed by atoms with Crippen LogP contribution >= 0.6 is 23.8 Å². The number of hydrogen-bond acceptors (Lipinski definition) is 6. The van der Waals surface area contributed by atoms with Crippen molar-refractivity contribution in [3.63, 3.8) is 0 Å². The summed E-state index contributed by atoms with van der Waals surface area (Å²) in [4.78, 5) is 14.7. The minimum atomic E-state index is -3.13. The Labute approximate surface area is 256 Å². The Morgan fingerprint density at radius 3 is 2.37 bits per heavy atom. The molecule has 1 N–H and O–H groups in total. The van der Waals surface area contributed by atoms with Gasteiger partial charge in [0.1, 0.15) is 22.8 Å². The van der Waals surface area contributed by atoms with Gasteiger partial charge in [-0.1, -0.05) is 23.7 Å². The van der Waals surface area contributed by atoms with Gasteiger partial charge in [-0.3, -0.25) is 14.4 Å². The highest BCUT2D eigenvalue weighted by atomic mass is 35.5. The second-order valence-electron chi connectivity index (χ2n) is 9.26. The van der Waals surface area contributed by atoms with Gasteiger partial charge < -0.3 is 19.5 Å². The molecule has 8 nitrogen and oxygen atoms in total. The third kappa shape index (κ3) is 7.21. The molecule has 0 radical (unpaired) electrons. The van der Waals surface area contributed by atoms with Gasteiger partial charge in [-0.2, -0.15) is 5.10 Å². The zero-order valence-corrected chi connectivity index (χ0v) is 25.1. The van der Waals surface area contributed by atoms with Crippen LogP contribution < -0.4 is 19.5 Å². The number of nitrogens with zero attached hydrogens (tertiary/aromatic N) is 3. The number of methoxy groups -OCH3 is 1. The van der Waals surface area contributed by atoms with Crippen LogP contribution in [0.25, 0.3) is 6.08 Å². The van der Waals surface area contributed by atoms with Crippen molar-refractivity contribution in [2.75, 3.05) is 26.9 Å². The van der Waals surface area contributed by atoms with Gasteiger partial charge in [0, 0.05) is 12.1 Å². The number of hydrogen-bond donors (Lipinski definition) is 1. The summed E-state index contributed by atoms with van der Waals surface area (Å²) in [5.74, 6) is 1.22. The lowest BCUT2D eigenvalue weighted by Gasteiger charge is -2.16. The molecule has 0 aliphatic carbocycles. The number of halogens is 5. The summed E-state index contributed by atoms with van der Waals surface area (Å²) in [6.07, 6.45) is -4.21. The summed E-state index contributed by atoms with van der Waals surface area (Å²) in [6, 6.07) is 10.4. The highest BCUT2D eigenvalue weighted by molar-refractivity contribution is 7.80. The first kappa shape index (κ1) is 32.1. The van der Waals surface area contributed by atoms with Crippen LogP contribution in [0.4, 0.5) is 17.6 Å². The molecule has 2 heterocycles. The van der Waals surface area contributed by atoms with E-state index in [-0.39, 0.29) is 23.3 Å². The fraction of sp³-hybridized carbons (Fsp3) is 0.345. The SMILES string of the molecule is CCOc1ccc(CCN2C(=O)/C(=C\c3ccc(OC)c(Cn4nc(C(F)F)c(Cl)c4C(F)F)c3)NC2=S)cc1OCC. The zero-order valence-electron chi connectivity index (χ0n) is 23.5. The van der Waals surface area contributed by atoms with Gasteiger partial charge in [0.25, 0.3) is 18.8 Å². The number of benzene rings is 2. The average molecular weight is 641 g/mol. The lowest BCUT2D eigenvalue weighted by Crippen LogP contribution is -2.32. The Balaban J connectivity index is 1.54. The maximum atomic E-state index is 13.7. The van der Waals surface area contributed by atoms with Crippen LogP contribution in [0, 0.1) is 0 Å². The molecule has 1 aliphatic heterocycles. The number of thiocarbonyl (C=S) groups is 1. The summed E-state index contributed by atoms with van der Waals surface area (Å²) < 4.78 is 71.3. The first-order valence-corrected chi connectivity index (χ1v) is 14.1. The van der Waals surface area contributed by atoms with Gasteiger partial charge in [-0.05, 0) is 74.0 Å². The lowest BCUT2D eigenvalue weighted by molar-refractivity contribution is -0.122. The molecule has 230 valence electrons. The number of ether oxygens (including phenoxy) is 3. The standard InChI is InChI=1S/C29H29ClF4N4O4S/c1-4-41-21-9-6-16(14-22(21)42-5-2)10-11-37-28(39)19(35-29(37)43)13-17-7-8-20(40-3)18(12-17)15-38-25(27(33)34)23(30)24(36-38)26(31)32/h6-9,12-14,26-27H,4-5,10-11,15H2,1-3H3,(H,35,43)/b19-13+. The second kappa shape index (κ2) is 14.1.